The Morgan fingerprint density at radius 3 is 1.67 bits per heavy atom. The maximum absolute atomic E-state index is 12.6. The molecular formula is C16H32N2O3. The Kier molecular flexibility index (Phi) is 5.92. The first-order chi connectivity index (χ1) is 9.08. The van der Waals surface area contributed by atoms with Gasteiger partial charge in [0, 0.05) is 17.4 Å². The fraction of sp³-hybridized carbons (Fsp3) is 0.875. The van der Waals surface area contributed by atoms with Crippen LogP contribution in [-0.4, -0.2) is 29.4 Å². The van der Waals surface area contributed by atoms with Crippen molar-refractivity contribution in [2.24, 2.45) is 22.3 Å². The Labute approximate surface area is 128 Å². The quantitative estimate of drug-likeness (QED) is 0.701. The third-order valence-electron chi connectivity index (χ3n) is 3.52. The average molecular weight is 300 g/mol. The molecule has 2 unspecified atom stereocenters. The first-order valence-corrected chi connectivity index (χ1v) is 7.39. The molecule has 5 heteroatoms. The number of carbonyl (C=O) groups excluding carboxylic acids is 2. The summed E-state index contributed by atoms with van der Waals surface area (Å²) in [4.78, 5) is 25.1. The van der Waals surface area contributed by atoms with Crippen LogP contribution in [0.3, 0.4) is 0 Å². The van der Waals surface area contributed by atoms with Gasteiger partial charge in [-0.05, 0) is 27.2 Å². The molecular weight excluding hydrogens is 268 g/mol. The first-order valence-electron chi connectivity index (χ1n) is 7.39. The Hall–Kier alpha value is -0.780. The highest BCUT2D eigenvalue weighted by Gasteiger charge is 2.47. The van der Waals surface area contributed by atoms with Gasteiger partial charge in [0.05, 0.1) is 5.54 Å². The molecule has 0 bridgehead atoms. The molecule has 0 amide bonds. The second-order valence-corrected chi connectivity index (χ2v) is 7.93. The molecule has 0 aromatic rings. The van der Waals surface area contributed by atoms with E-state index in [9.17, 15) is 9.59 Å². The fourth-order valence-corrected chi connectivity index (χ4v) is 2.97. The number of carbonyl (C=O) groups is 2. The molecule has 0 rings (SSSR count). The molecule has 4 N–H and O–H groups in total. The minimum atomic E-state index is -1.38. The molecule has 0 heterocycles. The van der Waals surface area contributed by atoms with Crippen molar-refractivity contribution in [3.63, 3.8) is 0 Å². The van der Waals surface area contributed by atoms with E-state index in [1.165, 1.54) is 0 Å². The van der Waals surface area contributed by atoms with Crippen molar-refractivity contribution >= 4 is 11.6 Å². The van der Waals surface area contributed by atoms with Crippen molar-refractivity contribution in [2.75, 3.05) is 6.61 Å². The topological polar surface area (TPSA) is 95.4 Å². The maximum atomic E-state index is 12.6. The summed E-state index contributed by atoms with van der Waals surface area (Å²) in [6, 6.07) is 0. The lowest BCUT2D eigenvalue weighted by Gasteiger charge is -2.39. The van der Waals surface area contributed by atoms with Crippen LogP contribution in [0.4, 0.5) is 0 Å². The van der Waals surface area contributed by atoms with Crippen LogP contribution in [0.5, 0.6) is 0 Å². The summed E-state index contributed by atoms with van der Waals surface area (Å²) in [5.41, 5.74) is 8.25. The van der Waals surface area contributed by atoms with E-state index >= 15 is 0 Å². The third-order valence-corrected chi connectivity index (χ3v) is 3.52. The molecule has 21 heavy (non-hydrogen) atoms. The minimum Gasteiger partial charge on any atom is -0.354 e. The molecule has 0 aromatic carbocycles. The van der Waals surface area contributed by atoms with Gasteiger partial charge in [-0.15, -0.1) is 0 Å². The van der Waals surface area contributed by atoms with E-state index in [0.717, 1.165) is 0 Å². The predicted molar refractivity (Wildman–Crippen MR) is 84.7 cm³/mol. The lowest BCUT2D eigenvalue weighted by atomic mass is 9.69. The molecule has 0 saturated heterocycles. The second kappa shape index (κ2) is 6.15. The minimum absolute atomic E-state index is 0.0778. The Morgan fingerprint density at radius 1 is 0.905 bits per heavy atom. The van der Waals surface area contributed by atoms with Crippen LogP contribution in [0.1, 0.15) is 61.8 Å². The van der Waals surface area contributed by atoms with E-state index in [1.807, 2.05) is 20.8 Å². The largest absolute Gasteiger partial charge is 0.354 e. The highest BCUT2D eigenvalue weighted by molar-refractivity contribution is 5.95. The molecule has 124 valence electrons. The zero-order valence-corrected chi connectivity index (χ0v) is 14.8. The van der Waals surface area contributed by atoms with Gasteiger partial charge in [0.2, 0.25) is 0 Å². The smallest absolute Gasteiger partial charge is 0.184 e. The molecule has 0 fully saturated rings. The standard InChI is InChI=1S/C16H32N2O3/c1-9-21-16(8,18)12(20)14(5,6)10-15(7,17)11(19)13(2,3)4/h9-10,17-18H2,1-8H3. The number of hydrogen-bond acceptors (Lipinski definition) is 5. The predicted octanol–water partition coefficient (Wildman–Crippen LogP) is 2.02. The Morgan fingerprint density at radius 2 is 1.33 bits per heavy atom. The van der Waals surface area contributed by atoms with Crippen molar-refractivity contribution in [3.8, 4) is 0 Å². The van der Waals surface area contributed by atoms with Gasteiger partial charge in [0.15, 0.2) is 17.3 Å². The normalized spacial score (nSPS) is 18.8. The van der Waals surface area contributed by atoms with Crippen molar-refractivity contribution in [3.05, 3.63) is 0 Å². The molecule has 0 saturated carbocycles. The van der Waals surface area contributed by atoms with Gasteiger partial charge in [-0.1, -0.05) is 34.6 Å². The molecule has 0 radical (unpaired) electrons. The maximum Gasteiger partial charge on any atom is 0.184 e. The Bertz CT molecular complexity index is 404. The molecule has 0 aromatic heterocycles. The first kappa shape index (κ1) is 20.2. The number of hydrogen-bond donors (Lipinski definition) is 2. The van der Waals surface area contributed by atoms with Gasteiger partial charge in [-0.3, -0.25) is 15.3 Å². The summed E-state index contributed by atoms with van der Waals surface area (Å²) in [6.45, 7) is 14.3. The van der Waals surface area contributed by atoms with E-state index in [1.54, 1.807) is 34.6 Å². The van der Waals surface area contributed by atoms with Gasteiger partial charge in [-0.2, -0.15) is 0 Å². The summed E-state index contributed by atoms with van der Waals surface area (Å²) < 4.78 is 5.32. The van der Waals surface area contributed by atoms with Gasteiger partial charge in [0.1, 0.15) is 0 Å². The SMILES string of the molecule is CCOC(C)(N)C(=O)C(C)(C)CC(C)(N)C(=O)C(C)(C)C. The van der Waals surface area contributed by atoms with E-state index in [2.05, 4.69) is 0 Å². The lowest BCUT2D eigenvalue weighted by molar-refractivity contribution is -0.152. The monoisotopic (exact) mass is 300 g/mol. The van der Waals surface area contributed by atoms with E-state index < -0.39 is 22.1 Å². The molecule has 0 spiro atoms. The van der Waals surface area contributed by atoms with Gasteiger partial charge >= 0.3 is 0 Å². The van der Waals surface area contributed by atoms with Crippen LogP contribution in [0.2, 0.25) is 0 Å². The number of rotatable bonds is 7. The number of Topliss-reactive ketones (excluding diaryl/α,β-unsaturated/α-hetero) is 2. The van der Waals surface area contributed by atoms with Crippen molar-refractivity contribution < 1.29 is 14.3 Å². The third kappa shape index (κ3) is 5.16. The average Bonchev–Trinajstić information content (AvgIpc) is 2.24. The zero-order chi connectivity index (χ0) is 17.3. The number of nitrogens with two attached hydrogens (primary N) is 2. The van der Waals surface area contributed by atoms with Gasteiger partial charge in [-0.25, -0.2) is 0 Å². The van der Waals surface area contributed by atoms with Crippen LogP contribution in [-0.2, 0) is 14.3 Å². The van der Waals surface area contributed by atoms with E-state index in [-0.39, 0.29) is 18.0 Å². The van der Waals surface area contributed by atoms with Crippen molar-refractivity contribution in [2.45, 2.75) is 73.1 Å². The highest BCUT2D eigenvalue weighted by atomic mass is 16.5. The van der Waals surface area contributed by atoms with Crippen molar-refractivity contribution in [1.82, 2.24) is 0 Å². The number of ether oxygens (including phenoxy) is 1. The van der Waals surface area contributed by atoms with E-state index in [0.29, 0.717) is 6.61 Å². The van der Waals surface area contributed by atoms with Crippen LogP contribution in [0, 0.1) is 10.8 Å². The van der Waals surface area contributed by atoms with Gasteiger partial charge < -0.3 is 10.5 Å². The second-order valence-electron chi connectivity index (χ2n) is 7.93. The summed E-state index contributed by atoms with van der Waals surface area (Å²) in [7, 11) is 0. The van der Waals surface area contributed by atoms with Crippen LogP contribution >= 0.6 is 0 Å². The van der Waals surface area contributed by atoms with Crippen molar-refractivity contribution in [1.29, 1.82) is 0 Å². The molecule has 2 atom stereocenters. The molecule has 0 aliphatic carbocycles. The lowest BCUT2D eigenvalue weighted by Crippen LogP contribution is -2.58. The highest BCUT2D eigenvalue weighted by Crippen LogP contribution is 2.35. The van der Waals surface area contributed by atoms with Crippen LogP contribution in [0.25, 0.3) is 0 Å². The summed E-state index contributed by atoms with van der Waals surface area (Å²) in [6.07, 6.45) is 0.217. The molecule has 5 nitrogen and oxygen atoms in total. The van der Waals surface area contributed by atoms with Crippen LogP contribution in [0.15, 0.2) is 0 Å². The fourth-order valence-electron chi connectivity index (χ4n) is 2.97. The van der Waals surface area contributed by atoms with E-state index in [4.69, 9.17) is 16.2 Å². The van der Waals surface area contributed by atoms with Gasteiger partial charge in [0.25, 0.3) is 0 Å². The summed E-state index contributed by atoms with van der Waals surface area (Å²) in [5, 5.41) is 0. The Balaban J connectivity index is 5.29. The zero-order valence-electron chi connectivity index (χ0n) is 14.8. The number of ketones is 2. The van der Waals surface area contributed by atoms with Crippen LogP contribution < -0.4 is 11.5 Å². The molecule has 0 aliphatic rings. The summed E-state index contributed by atoms with van der Waals surface area (Å²) >= 11 is 0. The molecule has 0 aliphatic heterocycles. The summed E-state index contributed by atoms with van der Waals surface area (Å²) in [5.74, 6) is -0.332.